The molecule has 0 N–H and O–H groups in total. The highest BCUT2D eigenvalue weighted by molar-refractivity contribution is 5.94. The average Bonchev–Trinajstić information content (AvgIpc) is 3.05. The van der Waals surface area contributed by atoms with Gasteiger partial charge in [0.25, 0.3) is 0 Å². The molecule has 0 spiro atoms. The van der Waals surface area contributed by atoms with Gasteiger partial charge in [0.1, 0.15) is 0 Å². The van der Waals surface area contributed by atoms with Gasteiger partial charge in [-0.05, 0) is 73.7 Å². The molecule has 2 nitrogen and oxygen atoms in total. The predicted octanol–water partition coefficient (Wildman–Crippen LogP) is 5.42. The first-order valence-corrected chi connectivity index (χ1v) is 10.8. The second kappa shape index (κ2) is 5.33. The van der Waals surface area contributed by atoms with Crippen molar-refractivity contribution in [2.24, 2.45) is 38.5 Å². The van der Waals surface area contributed by atoms with Gasteiger partial charge in [-0.15, -0.1) is 0 Å². The van der Waals surface area contributed by atoms with Gasteiger partial charge in [-0.25, -0.2) is 0 Å². The first kappa shape index (κ1) is 18.0. The summed E-state index contributed by atoms with van der Waals surface area (Å²) in [5, 5.41) is 0. The Hall–Kier alpha value is -0.370. The molecule has 4 aliphatic carbocycles. The summed E-state index contributed by atoms with van der Waals surface area (Å²) in [6.07, 6.45) is 8.31. The number of hydrogen-bond donors (Lipinski definition) is 0. The number of aliphatic imine (C=N–C) groups is 1. The molecule has 0 aromatic carbocycles. The van der Waals surface area contributed by atoms with Gasteiger partial charge in [0.2, 0.25) is 0 Å². The van der Waals surface area contributed by atoms with Crippen molar-refractivity contribution in [3.05, 3.63) is 0 Å². The smallest absolute Gasteiger partial charge is 0.0516 e. The SMILES string of the molecule is CN(CC/N=C1/CC2CCC1(C)C2(C)C)C1CC2CCC1(C)C2(C)C. The molecule has 0 aromatic heterocycles. The molecule has 0 amide bonds. The highest BCUT2D eigenvalue weighted by Gasteiger charge is 2.62. The lowest BCUT2D eigenvalue weighted by Crippen LogP contribution is -2.46. The molecule has 0 heterocycles. The third-order valence-corrected chi connectivity index (χ3v) is 10.5. The van der Waals surface area contributed by atoms with E-state index in [-0.39, 0.29) is 0 Å². The molecule has 4 aliphatic rings. The molecule has 2 heteroatoms. The molecule has 4 fully saturated rings. The summed E-state index contributed by atoms with van der Waals surface area (Å²) in [5.41, 5.74) is 3.39. The van der Waals surface area contributed by atoms with Crippen LogP contribution < -0.4 is 0 Å². The van der Waals surface area contributed by atoms with E-state index < -0.39 is 0 Å². The topological polar surface area (TPSA) is 15.6 Å². The Morgan fingerprint density at radius 2 is 1.64 bits per heavy atom. The number of nitrogens with zero attached hydrogens (tertiary/aromatic N) is 2. The lowest BCUT2D eigenvalue weighted by Gasteiger charge is -2.43. The van der Waals surface area contributed by atoms with E-state index in [1.807, 2.05) is 0 Å². The van der Waals surface area contributed by atoms with E-state index in [9.17, 15) is 0 Å². The zero-order valence-electron chi connectivity index (χ0n) is 17.8. The lowest BCUT2D eigenvalue weighted by atomic mass is 9.69. The summed E-state index contributed by atoms with van der Waals surface area (Å²) >= 11 is 0. The lowest BCUT2D eigenvalue weighted by molar-refractivity contribution is 0.0598. The van der Waals surface area contributed by atoms with E-state index in [0.29, 0.717) is 21.7 Å². The molecule has 0 saturated heterocycles. The maximum Gasteiger partial charge on any atom is 0.0516 e. The van der Waals surface area contributed by atoms with Gasteiger partial charge in [-0.2, -0.15) is 0 Å². The molecule has 4 rings (SSSR count). The van der Waals surface area contributed by atoms with Crippen molar-refractivity contribution in [2.75, 3.05) is 20.1 Å². The first-order valence-electron chi connectivity index (χ1n) is 10.8. The minimum atomic E-state index is 0.372. The van der Waals surface area contributed by atoms with E-state index in [4.69, 9.17) is 4.99 Å². The fourth-order valence-corrected chi connectivity index (χ4v) is 7.49. The third-order valence-electron chi connectivity index (χ3n) is 10.5. The molecular weight excluding hydrogens is 304 g/mol. The van der Waals surface area contributed by atoms with Gasteiger partial charge in [-0.3, -0.25) is 4.99 Å². The molecule has 0 aliphatic heterocycles. The molecule has 5 unspecified atom stereocenters. The standard InChI is InChI=1S/C23H40N2/c1-20(2)16-8-10-22(20,5)18(14-16)24-12-13-25(7)19-15-17-9-11-23(19,6)21(17,3)4/h16-17,19H,8-15H2,1-7H3/b24-18-. The van der Waals surface area contributed by atoms with Gasteiger partial charge in [0, 0.05) is 23.7 Å². The van der Waals surface area contributed by atoms with Crippen LogP contribution in [0.1, 0.15) is 80.1 Å². The van der Waals surface area contributed by atoms with Crippen molar-refractivity contribution in [2.45, 2.75) is 86.1 Å². The van der Waals surface area contributed by atoms with E-state index in [0.717, 1.165) is 31.0 Å². The van der Waals surface area contributed by atoms with E-state index in [1.54, 1.807) is 5.71 Å². The zero-order valence-corrected chi connectivity index (χ0v) is 17.8. The number of rotatable bonds is 4. The first-order chi connectivity index (χ1) is 11.5. The summed E-state index contributed by atoms with van der Waals surface area (Å²) < 4.78 is 0. The van der Waals surface area contributed by atoms with Gasteiger partial charge in [0.15, 0.2) is 0 Å². The van der Waals surface area contributed by atoms with Crippen LogP contribution in [0.25, 0.3) is 0 Å². The van der Waals surface area contributed by atoms with Crippen LogP contribution in [0.2, 0.25) is 0 Å². The van der Waals surface area contributed by atoms with Crippen molar-refractivity contribution in [1.82, 2.24) is 4.90 Å². The number of fused-ring (bicyclic) bond motifs is 4. The van der Waals surface area contributed by atoms with Crippen molar-refractivity contribution in [3.8, 4) is 0 Å². The quantitative estimate of drug-likeness (QED) is 0.665. The Labute approximate surface area is 155 Å². The Morgan fingerprint density at radius 1 is 0.960 bits per heavy atom. The Balaban J connectivity index is 1.40. The monoisotopic (exact) mass is 344 g/mol. The largest absolute Gasteiger partial charge is 0.301 e. The van der Waals surface area contributed by atoms with Crippen LogP contribution in [-0.4, -0.2) is 36.8 Å². The normalized spacial score (nSPS) is 48.2. The third kappa shape index (κ3) is 2.15. The van der Waals surface area contributed by atoms with Crippen molar-refractivity contribution in [3.63, 3.8) is 0 Å². The van der Waals surface area contributed by atoms with Crippen LogP contribution in [0.15, 0.2) is 4.99 Å². The maximum absolute atomic E-state index is 5.18. The van der Waals surface area contributed by atoms with Crippen LogP contribution in [0.3, 0.4) is 0 Å². The Morgan fingerprint density at radius 3 is 2.12 bits per heavy atom. The van der Waals surface area contributed by atoms with Crippen LogP contribution in [-0.2, 0) is 0 Å². The summed E-state index contributed by atoms with van der Waals surface area (Å²) in [6, 6.07) is 0.758. The summed E-state index contributed by atoms with van der Waals surface area (Å²) in [7, 11) is 2.36. The van der Waals surface area contributed by atoms with Crippen LogP contribution in [0, 0.1) is 33.5 Å². The Kier molecular flexibility index (Phi) is 3.84. The van der Waals surface area contributed by atoms with Gasteiger partial charge >= 0.3 is 0 Å². The van der Waals surface area contributed by atoms with E-state index in [2.05, 4.69) is 53.5 Å². The second-order valence-electron chi connectivity index (χ2n) is 11.4. The number of hydrogen-bond acceptors (Lipinski definition) is 2. The molecule has 25 heavy (non-hydrogen) atoms. The van der Waals surface area contributed by atoms with Crippen LogP contribution in [0.4, 0.5) is 0 Å². The fraction of sp³-hybridized carbons (Fsp3) is 0.957. The van der Waals surface area contributed by atoms with E-state index in [1.165, 1.54) is 38.5 Å². The summed E-state index contributed by atoms with van der Waals surface area (Å²) in [6.45, 7) is 17.2. The summed E-state index contributed by atoms with van der Waals surface area (Å²) in [5.74, 6) is 1.81. The van der Waals surface area contributed by atoms with E-state index >= 15 is 0 Å². The molecule has 142 valence electrons. The van der Waals surface area contributed by atoms with Crippen LogP contribution in [0.5, 0.6) is 0 Å². The molecule has 0 radical (unpaired) electrons. The highest BCUT2D eigenvalue weighted by Crippen LogP contribution is 2.66. The van der Waals surface area contributed by atoms with Crippen LogP contribution >= 0.6 is 0 Å². The molecule has 0 aromatic rings. The van der Waals surface area contributed by atoms with Crippen molar-refractivity contribution < 1.29 is 0 Å². The van der Waals surface area contributed by atoms with Gasteiger partial charge < -0.3 is 4.90 Å². The molecular formula is C23H40N2. The minimum absolute atomic E-state index is 0.372. The highest BCUT2D eigenvalue weighted by atomic mass is 15.2. The molecule has 4 saturated carbocycles. The van der Waals surface area contributed by atoms with Gasteiger partial charge in [-0.1, -0.05) is 41.5 Å². The zero-order chi connectivity index (χ0) is 18.3. The fourth-order valence-electron chi connectivity index (χ4n) is 7.49. The summed E-state index contributed by atoms with van der Waals surface area (Å²) in [4.78, 5) is 7.84. The van der Waals surface area contributed by atoms with Gasteiger partial charge in [0.05, 0.1) is 6.54 Å². The van der Waals surface area contributed by atoms with Crippen molar-refractivity contribution >= 4 is 5.71 Å². The maximum atomic E-state index is 5.18. The molecule has 5 atom stereocenters. The Bertz CT molecular complexity index is 589. The second-order valence-corrected chi connectivity index (χ2v) is 11.4. The average molecular weight is 345 g/mol. The minimum Gasteiger partial charge on any atom is -0.301 e. The number of likely N-dealkylation sites (N-methyl/N-ethyl adjacent to an activating group) is 1. The predicted molar refractivity (Wildman–Crippen MR) is 107 cm³/mol. The molecule has 4 bridgehead atoms. The van der Waals surface area contributed by atoms with Crippen molar-refractivity contribution in [1.29, 1.82) is 0 Å².